The van der Waals surface area contributed by atoms with E-state index in [-0.39, 0.29) is 59.0 Å². The van der Waals surface area contributed by atoms with E-state index >= 15 is 0 Å². The van der Waals surface area contributed by atoms with Gasteiger partial charge in [0.05, 0.1) is 12.5 Å². The lowest BCUT2D eigenvalue weighted by atomic mass is 9.34. The SMILES string of the molecule is CC1=CC(=O)[C@@H]2CC(=O)[C@H]3[C@@](C)(C[C@@]45OC(=O)C[C@@]3(C)[C@]4(C)CC[C@]34C[C@@H](C)C[C@H](CN35)O4)[C@H]2C1. The van der Waals surface area contributed by atoms with Crippen LogP contribution in [0.15, 0.2) is 11.6 Å². The van der Waals surface area contributed by atoms with Crippen LogP contribution in [-0.2, 0) is 23.9 Å². The summed E-state index contributed by atoms with van der Waals surface area (Å²) in [5, 5.41) is 0. The molecule has 0 unspecified atom stereocenters. The van der Waals surface area contributed by atoms with Gasteiger partial charge in [0, 0.05) is 36.6 Å². The molecule has 0 aromatic carbocycles. The van der Waals surface area contributed by atoms with Crippen LogP contribution in [0.3, 0.4) is 0 Å². The van der Waals surface area contributed by atoms with Gasteiger partial charge in [-0.15, -0.1) is 0 Å². The van der Waals surface area contributed by atoms with Crippen molar-refractivity contribution in [2.45, 2.75) is 104 Å². The number of esters is 1. The summed E-state index contributed by atoms with van der Waals surface area (Å²) >= 11 is 0. The highest BCUT2D eigenvalue weighted by Gasteiger charge is 2.82. The van der Waals surface area contributed by atoms with Gasteiger partial charge in [-0.1, -0.05) is 33.3 Å². The van der Waals surface area contributed by atoms with Crippen LogP contribution in [-0.4, -0.2) is 46.5 Å². The summed E-state index contributed by atoms with van der Waals surface area (Å²) in [5.74, 6) is 0.300. The van der Waals surface area contributed by atoms with Crippen molar-refractivity contribution < 1.29 is 23.9 Å². The van der Waals surface area contributed by atoms with Gasteiger partial charge in [0.1, 0.15) is 11.5 Å². The third-order valence-corrected chi connectivity index (χ3v) is 12.3. The Balaban J connectivity index is 1.44. The summed E-state index contributed by atoms with van der Waals surface area (Å²) in [7, 11) is 0. The molecule has 6 fully saturated rings. The van der Waals surface area contributed by atoms with Gasteiger partial charge in [-0.3, -0.25) is 14.4 Å². The molecule has 6 heteroatoms. The highest BCUT2D eigenvalue weighted by Crippen LogP contribution is 2.77. The van der Waals surface area contributed by atoms with Gasteiger partial charge in [0.25, 0.3) is 0 Å². The number of hydrogen-bond donors (Lipinski definition) is 0. The third-order valence-electron chi connectivity index (χ3n) is 12.3. The van der Waals surface area contributed by atoms with E-state index in [0.717, 1.165) is 44.2 Å². The predicted molar refractivity (Wildman–Crippen MR) is 128 cm³/mol. The number of hydrogen-bond acceptors (Lipinski definition) is 6. The number of carbonyl (C=O) groups excluding carboxylic acids is 3. The fraction of sp³-hybridized carbons (Fsp3) is 0.828. The molecule has 2 saturated carbocycles. The quantitative estimate of drug-likeness (QED) is 0.477. The molecule has 4 bridgehead atoms. The van der Waals surface area contributed by atoms with Crippen molar-refractivity contribution in [2.24, 2.45) is 39.9 Å². The molecule has 0 aromatic heterocycles. The van der Waals surface area contributed by atoms with E-state index in [1.165, 1.54) is 0 Å². The van der Waals surface area contributed by atoms with Crippen LogP contribution in [0.25, 0.3) is 0 Å². The Bertz CT molecular complexity index is 1100. The van der Waals surface area contributed by atoms with E-state index in [4.69, 9.17) is 9.47 Å². The maximum Gasteiger partial charge on any atom is 0.308 e. The molecule has 7 aliphatic rings. The highest BCUT2D eigenvalue weighted by molar-refractivity contribution is 5.99. The Hall–Kier alpha value is -1.53. The molecule has 10 atom stereocenters. The molecular formula is C29H39NO5. The summed E-state index contributed by atoms with van der Waals surface area (Å²) in [6.07, 6.45) is 7.78. The standard InChI is InChI=1S/C29H39NO5/c1-16-9-20-19(21(31)10-16)11-22(32)24-25(20,3)15-29-27(5,26(24,4)13-23(33)35-29)6-7-28-12-17(2)8-18(34-28)14-30(28)29/h10,17-20,24H,6-9,11-15H2,1-5H3/t17-,18+,19+,20-,24-,25-,26+,27-,28-,29+/m0/s1. The molecule has 0 amide bonds. The molecule has 7 rings (SSSR count). The monoisotopic (exact) mass is 481 g/mol. The van der Waals surface area contributed by atoms with E-state index in [2.05, 4.69) is 32.6 Å². The van der Waals surface area contributed by atoms with E-state index < -0.39 is 16.6 Å². The van der Waals surface area contributed by atoms with Crippen LogP contribution < -0.4 is 0 Å². The number of fused-ring (bicyclic) bond motifs is 5. The first-order valence-electron chi connectivity index (χ1n) is 13.8. The average Bonchev–Trinajstić information content (AvgIpc) is 3.01. The second kappa shape index (κ2) is 6.48. The number of piperidine rings is 1. The molecular weight excluding hydrogens is 442 g/mol. The molecule has 35 heavy (non-hydrogen) atoms. The molecule has 0 radical (unpaired) electrons. The lowest BCUT2D eigenvalue weighted by Gasteiger charge is -2.76. The lowest BCUT2D eigenvalue weighted by Crippen LogP contribution is -2.82. The molecule has 4 heterocycles. The largest absolute Gasteiger partial charge is 0.443 e. The van der Waals surface area contributed by atoms with Crippen LogP contribution in [0.4, 0.5) is 0 Å². The summed E-state index contributed by atoms with van der Waals surface area (Å²) < 4.78 is 13.4. The van der Waals surface area contributed by atoms with Crippen molar-refractivity contribution in [3.05, 3.63) is 11.6 Å². The van der Waals surface area contributed by atoms with Crippen molar-refractivity contribution in [2.75, 3.05) is 6.54 Å². The normalized spacial score (nSPS) is 56.9. The number of allylic oxidation sites excluding steroid dienone is 2. The summed E-state index contributed by atoms with van der Waals surface area (Å²) in [4.78, 5) is 43.1. The summed E-state index contributed by atoms with van der Waals surface area (Å²) in [6.45, 7) is 11.9. The Labute approximate surface area is 208 Å². The van der Waals surface area contributed by atoms with E-state index in [9.17, 15) is 14.4 Å². The van der Waals surface area contributed by atoms with Gasteiger partial charge in [-0.25, -0.2) is 4.90 Å². The highest BCUT2D eigenvalue weighted by atomic mass is 16.6. The smallest absolute Gasteiger partial charge is 0.308 e. The fourth-order valence-corrected chi connectivity index (χ4v) is 11.0. The maximum atomic E-state index is 14.0. The number of ketones is 2. The van der Waals surface area contributed by atoms with Crippen molar-refractivity contribution in [1.29, 1.82) is 0 Å². The average molecular weight is 482 g/mol. The molecule has 3 aliphatic carbocycles. The second-order valence-electron chi connectivity index (χ2n) is 14.1. The Kier molecular flexibility index (Phi) is 4.19. The van der Waals surface area contributed by atoms with Crippen LogP contribution in [0, 0.1) is 39.9 Å². The number of carbonyl (C=O) groups is 3. The van der Waals surface area contributed by atoms with Crippen LogP contribution >= 0.6 is 0 Å². The first-order chi connectivity index (χ1) is 16.4. The van der Waals surface area contributed by atoms with Gasteiger partial charge in [0.2, 0.25) is 0 Å². The number of rotatable bonds is 0. The molecule has 0 aromatic rings. The fourth-order valence-electron chi connectivity index (χ4n) is 11.0. The van der Waals surface area contributed by atoms with Gasteiger partial charge < -0.3 is 9.47 Å². The minimum atomic E-state index is -0.806. The van der Waals surface area contributed by atoms with Crippen molar-refractivity contribution in [3.8, 4) is 0 Å². The van der Waals surface area contributed by atoms with Crippen molar-refractivity contribution in [1.82, 2.24) is 4.90 Å². The van der Waals surface area contributed by atoms with Crippen LogP contribution in [0.1, 0.15) is 86.0 Å². The zero-order valence-corrected chi connectivity index (χ0v) is 21.8. The van der Waals surface area contributed by atoms with Crippen molar-refractivity contribution in [3.63, 3.8) is 0 Å². The number of nitrogens with zero attached hydrogens (tertiary/aromatic N) is 1. The van der Waals surface area contributed by atoms with E-state index in [1.807, 2.05) is 6.92 Å². The second-order valence-corrected chi connectivity index (χ2v) is 14.1. The summed E-state index contributed by atoms with van der Waals surface area (Å²) in [5.41, 5.74) is -1.36. The minimum Gasteiger partial charge on any atom is -0.443 e. The first-order valence-corrected chi connectivity index (χ1v) is 13.8. The number of ether oxygens (including phenoxy) is 2. The molecule has 0 N–H and O–H groups in total. The van der Waals surface area contributed by atoms with Crippen LogP contribution in [0.5, 0.6) is 0 Å². The molecule has 6 nitrogen and oxygen atoms in total. The van der Waals surface area contributed by atoms with Crippen LogP contribution in [0.2, 0.25) is 0 Å². The first kappa shape index (κ1) is 22.7. The lowest BCUT2D eigenvalue weighted by molar-refractivity contribution is -0.379. The zero-order chi connectivity index (χ0) is 24.8. The van der Waals surface area contributed by atoms with E-state index in [1.54, 1.807) is 6.08 Å². The maximum absolute atomic E-state index is 14.0. The molecule has 1 spiro atoms. The molecule has 190 valence electrons. The minimum absolute atomic E-state index is 0.0972. The van der Waals surface area contributed by atoms with E-state index in [0.29, 0.717) is 18.8 Å². The van der Waals surface area contributed by atoms with Gasteiger partial charge in [0.15, 0.2) is 11.5 Å². The van der Waals surface area contributed by atoms with Gasteiger partial charge in [-0.05, 0) is 67.8 Å². The van der Waals surface area contributed by atoms with Gasteiger partial charge >= 0.3 is 5.97 Å². The molecule has 4 saturated heterocycles. The number of Topliss-reactive ketones (excluding diaryl/α,β-unsaturated/α-hetero) is 1. The predicted octanol–water partition coefficient (Wildman–Crippen LogP) is 4.41. The third kappa shape index (κ3) is 2.43. The van der Waals surface area contributed by atoms with Gasteiger partial charge in [-0.2, -0.15) is 0 Å². The topological polar surface area (TPSA) is 72.9 Å². The zero-order valence-electron chi connectivity index (χ0n) is 21.8. The molecule has 4 aliphatic heterocycles. The summed E-state index contributed by atoms with van der Waals surface area (Å²) in [6, 6.07) is 0. The van der Waals surface area contributed by atoms with Crippen molar-refractivity contribution >= 4 is 17.5 Å². The Morgan fingerprint density at radius 1 is 1.09 bits per heavy atom. The Morgan fingerprint density at radius 3 is 2.63 bits per heavy atom. The Morgan fingerprint density at radius 2 is 1.86 bits per heavy atom.